The molecule has 4 aromatic rings. The second-order valence-electron chi connectivity index (χ2n) is 6.13. The molecule has 0 aliphatic heterocycles. The lowest BCUT2D eigenvalue weighted by Crippen LogP contribution is -2.02. The van der Waals surface area contributed by atoms with Crippen LogP contribution in [0.2, 0.25) is 0 Å². The Balaban J connectivity index is 1.54. The van der Waals surface area contributed by atoms with Gasteiger partial charge in [0.25, 0.3) is 0 Å². The number of rotatable bonds is 6. The standard InChI is InChI=1S/C21H17N3O3S/c22-20-18-13(12-28-19(18)17(10-23-20)21(25)26)11-27-16-8-4-7-15(9-16)24-14-5-2-1-3-6-14/h1-10,12,24H,11H2,(H2,22,23)(H,25,26). The predicted octanol–water partition coefficient (Wildman–Crippen LogP) is 4.90. The van der Waals surface area contributed by atoms with Crippen LogP contribution in [0.3, 0.4) is 0 Å². The molecule has 28 heavy (non-hydrogen) atoms. The number of pyridine rings is 1. The first-order chi connectivity index (χ1) is 13.6. The number of thiophene rings is 1. The average molecular weight is 391 g/mol. The monoisotopic (exact) mass is 391 g/mol. The fourth-order valence-electron chi connectivity index (χ4n) is 2.90. The van der Waals surface area contributed by atoms with Gasteiger partial charge < -0.3 is 20.9 Å². The number of nitrogens with two attached hydrogens (primary N) is 1. The average Bonchev–Trinajstić information content (AvgIpc) is 3.12. The summed E-state index contributed by atoms with van der Waals surface area (Å²) in [5, 5.41) is 15.2. The van der Waals surface area contributed by atoms with Crippen LogP contribution < -0.4 is 15.8 Å². The maximum atomic E-state index is 11.4. The molecule has 6 nitrogen and oxygen atoms in total. The van der Waals surface area contributed by atoms with E-state index in [1.54, 1.807) is 0 Å². The number of aromatic nitrogens is 1. The summed E-state index contributed by atoms with van der Waals surface area (Å²) in [5.74, 6) is -0.0212. The Morgan fingerprint density at radius 2 is 1.93 bits per heavy atom. The number of carbonyl (C=O) groups is 1. The van der Waals surface area contributed by atoms with Crippen LogP contribution in [-0.4, -0.2) is 16.1 Å². The normalized spacial score (nSPS) is 10.7. The Morgan fingerprint density at radius 3 is 2.71 bits per heavy atom. The van der Waals surface area contributed by atoms with Gasteiger partial charge in [0.05, 0.1) is 10.3 Å². The van der Waals surface area contributed by atoms with E-state index in [2.05, 4.69) is 10.3 Å². The largest absolute Gasteiger partial charge is 0.489 e. The summed E-state index contributed by atoms with van der Waals surface area (Å²) in [5.41, 5.74) is 8.85. The summed E-state index contributed by atoms with van der Waals surface area (Å²) < 4.78 is 6.54. The van der Waals surface area contributed by atoms with Gasteiger partial charge in [-0.25, -0.2) is 9.78 Å². The highest BCUT2D eigenvalue weighted by atomic mass is 32.1. The first kappa shape index (κ1) is 17.8. The van der Waals surface area contributed by atoms with Gasteiger partial charge >= 0.3 is 5.97 Å². The summed E-state index contributed by atoms with van der Waals surface area (Å²) in [6.45, 7) is 0.268. The van der Waals surface area contributed by atoms with Crippen molar-refractivity contribution < 1.29 is 14.6 Å². The number of fused-ring (bicyclic) bond motifs is 1. The lowest BCUT2D eigenvalue weighted by molar-refractivity contribution is 0.0699. The van der Waals surface area contributed by atoms with E-state index < -0.39 is 5.97 Å². The van der Waals surface area contributed by atoms with Crippen molar-refractivity contribution in [3.63, 3.8) is 0 Å². The molecule has 0 aliphatic carbocycles. The van der Waals surface area contributed by atoms with E-state index in [9.17, 15) is 9.90 Å². The van der Waals surface area contributed by atoms with E-state index in [0.717, 1.165) is 16.9 Å². The lowest BCUT2D eigenvalue weighted by atomic mass is 10.1. The van der Waals surface area contributed by atoms with Gasteiger partial charge in [-0.05, 0) is 29.6 Å². The van der Waals surface area contributed by atoms with E-state index in [1.165, 1.54) is 17.5 Å². The topological polar surface area (TPSA) is 97.5 Å². The highest BCUT2D eigenvalue weighted by Crippen LogP contribution is 2.33. The first-order valence-electron chi connectivity index (χ1n) is 8.54. The molecule has 140 valence electrons. The number of nitrogen functional groups attached to an aromatic ring is 1. The van der Waals surface area contributed by atoms with E-state index in [1.807, 2.05) is 60.0 Å². The van der Waals surface area contributed by atoms with Crippen molar-refractivity contribution in [2.75, 3.05) is 11.1 Å². The van der Waals surface area contributed by atoms with Crippen LogP contribution in [0.25, 0.3) is 10.1 Å². The van der Waals surface area contributed by atoms with E-state index in [0.29, 0.717) is 21.7 Å². The number of nitrogens with zero attached hydrogens (tertiary/aromatic N) is 1. The quantitative estimate of drug-likeness (QED) is 0.432. The van der Waals surface area contributed by atoms with Crippen LogP contribution in [0.5, 0.6) is 5.75 Å². The summed E-state index contributed by atoms with van der Waals surface area (Å²) in [6, 6.07) is 17.5. The second kappa shape index (κ2) is 7.58. The van der Waals surface area contributed by atoms with Crippen LogP contribution in [0, 0.1) is 0 Å². The number of hydrogen-bond acceptors (Lipinski definition) is 6. The van der Waals surface area contributed by atoms with Crippen molar-refractivity contribution in [1.29, 1.82) is 0 Å². The number of para-hydroxylation sites is 1. The van der Waals surface area contributed by atoms with Gasteiger partial charge in [0.2, 0.25) is 0 Å². The predicted molar refractivity (Wildman–Crippen MR) is 111 cm³/mol. The molecule has 2 heterocycles. The number of ether oxygens (including phenoxy) is 1. The summed E-state index contributed by atoms with van der Waals surface area (Å²) in [7, 11) is 0. The zero-order valence-electron chi connectivity index (χ0n) is 14.8. The molecule has 7 heteroatoms. The van der Waals surface area contributed by atoms with Crippen molar-refractivity contribution in [2.45, 2.75) is 6.61 Å². The van der Waals surface area contributed by atoms with Gasteiger partial charge in [-0.2, -0.15) is 0 Å². The maximum Gasteiger partial charge on any atom is 0.338 e. The van der Waals surface area contributed by atoms with Crippen molar-refractivity contribution in [3.8, 4) is 5.75 Å². The highest BCUT2D eigenvalue weighted by molar-refractivity contribution is 7.17. The van der Waals surface area contributed by atoms with Crippen molar-refractivity contribution in [1.82, 2.24) is 4.98 Å². The summed E-state index contributed by atoms with van der Waals surface area (Å²) in [6.07, 6.45) is 1.29. The van der Waals surface area contributed by atoms with Crippen molar-refractivity contribution in [3.05, 3.63) is 77.3 Å². The number of aromatic carboxylic acids is 1. The maximum absolute atomic E-state index is 11.4. The Morgan fingerprint density at radius 1 is 1.14 bits per heavy atom. The Labute approximate surface area is 165 Å². The minimum atomic E-state index is -1.02. The van der Waals surface area contributed by atoms with Gasteiger partial charge in [-0.3, -0.25) is 0 Å². The number of hydrogen-bond donors (Lipinski definition) is 3. The second-order valence-corrected chi connectivity index (χ2v) is 7.01. The summed E-state index contributed by atoms with van der Waals surface area (Å²) in [4.78, 5) is 15.4. The molecular formula is C21H17N3O3S. The third kappa shape index (κ3) is 3.60. The molecule has 0 saturated carbocycles. The van der Waals surface area contributed by atoms with Crippen molar-refractivity contribution in [2.24, 2.45) is 0 Å². The highest BCUT2D eigenvalue weighted by Gasteiger charge is 2.16. The molecule has 2 aromatic heterocycles. The number of carboxylic acids is 1. The molecule has 0 unspecified atom stereocenters. The Bertz CT molecular complexity index is 1140. The number of benzene rings is 2. The van der Waals surface area contributed by atoms with Gasteiger partial charge in [0.1, 0.15) is 18.2 Å². The molecule has 0 saturated heterocycles. The number of anilines is 3. The zero-order chi connectivity index (χ0) is 19.5. The van der Waals surface area contributed by atoms with Crippen LogP contribution >= 0.6 is 11.3 Å². The SMILES string of the molecule is Nc1ncc(C(=O)O)c2scc(COc3cccc(Nc4ccccc4)c3)c12. The smallest absolute Gasteiger partial charge is 0.338 e. The first-order valence-corrected chi connectivity index (χ1v) is 9.42. The number of nitrogens with one attached hydrogen (secondary N) is 1. The van der Waals surface area contributed by atoms with E-state index in [-0.39, 0.29) is 12.2 Å². The third-order valence-electron chi connectivity index (χ3n) is 4.22. The fourth-order valence-corrected chi connectivity index (χ4v) is 3.97. The molecule has 4 rings (SSSR count). The lowest BCUT2D eigenvalue weighted by Gasteiger charge is -2.10. The van der Waals surface area contributed by atoms with Crippen LogP contribution in [0.1, 0.15) is 15.9 Å². The van der Waals surface area contributed by atoms with E-state index in [4.69, 9.17) is 10.5 Å². The molecule has 4 N–H and O–H groups in total. The molecule has 0 amide bonds. The van der Waals surface area contributed by atoms with E-state index >= 15 is 0 Å². The molecule has 2 aromatic carbocycles. The molecule has 0 radical (unpaired) electrons. The molecule has 0 atom stereocenters. The van der Waals surface area contributed by atoms with Crippen LogP contribution in [-0.2, 0) is 6.61 Å². The molecule has 0 spiro atoms. The fraction of sp³-hybridized carbons (Fsp3) is 0.0476. The molecule has 0 aliphatic rings. The Hall–Kier alpha value is -3.58. The van der Waals surface area contributed by atoms with Crippen LogP contribution in [0.15, 0.2) is 66.2 Å². The van der Waals surface area contributed by atoms with Gasteiger partial charge in [0.15, 0.2) is 0 Å². The molecular weight excluding hydrogens is 374 g/mol. The molecule has 0 fully saturated rings. The molecule has 0 bridgehead atoms. The minimum absolute atomic E-state index is 0.148. The van der Waals surface area contributed by atoms with Crippen molar-refractivity contribution >= 4 is 44.6 Å². The minimum Gasteiger partial charge on any atom is -0.489 e. The van der Waals surface area contributed by atoms with Crippen LogP contribution in [0.4, 0.5) is 17.2 Å². The van der Waals surface area contributed by atoms with Gasteiger partial charge in [-0.1, -0.05) is 24.3 Å². The zero-order valence-corrected chi connectivity index (χ0v) is 15.6. The van der Waals surface area contributed by atoms with Gasteiger partial charge in [-0.15, -0.1) is 11.3 Å². The Kier molecular flexibility index (Phi) is 4.82. The van der Waals surface area contributed by atoms with Gasteiger partial charge in [0, 0.05) is 34.6 Å². The summed E-state index contributed by atoms with van der Waals surface area (Å²) >= 11 is 1.33. The number of carboxylic acid groups (broad SMARTS) is 1. The third-order valence-corrected chi connectivity index (χ3v) is 5.28.